The number of carbonyl (C=O) groups excluding carboxylic acids is 2. The molecule has 0 spiro atoms. The lowest BCUT2D eigenvalue weighted by atomic mass is 10.2. The molecule has 176 valence electrons. The van der Waals surface area contributed by atoms with Crippen LogP contribution >= 0.6 is 35.0 Å². The predicted octanol–water partition coefficient (Wildman–Crippen LogP) is 5.14. The molecule has 3 rings (SSSR count). The number of aryl methyl sites for hydroxylation is 1. The minimum atomic E-state index is -0.292. The molecule has 2 N–H and O–H groups in total. The van der Waals surface area contributed by atoms with Crippen LogP contribution in [0.25, 0.3) is 6.08 Å². The van der Waals surface area contributed by atoms with E-state index in [0.717, 1.165) is 11.1 Å². The number of amides is 2. The zero-order chi connectivity index (χ0) is 24.5. The molecule has 0 saturated carbocycles. The highest BCUT2D eigenvalue weighted by molar-refractivity contribution is 7.99. The molecule has 1 aromatic heterocycles. The molecular formula is C24H23Cl2N5O2S. The van der Waals surface area contributed by atoms with E-state index in [-0.39, 0.29) is 24.1 Å². The first-order chi connectivity index (χ1) is 16.4. The Labute approximate surface area is 212 Å². The second-order valence-corrected chi connectivity index (χ2v) is 8.95. The highest BCUT2D eigenvalue weighted by Crippen LogP contribution is 2.21. The van der Waals surface area contributed by atoms with E-state index in [0.29, 0.717) is 33.3 Å². The number of nitrogens with one attached hydrogen (secondary N) is 2. The van der Waals surface area contributed by atoms with Gasteiger partial charge in [-0.05, 0) is 48.4 Å². The Kier molecular flexibility index (Phi) is 9.33. The first-order valence-corrected chi connectivity index (χ1v) is 12.0. The quantitative estimate of drug-likeness (QED) is 0.221. The molecule has 2 amide bonds. The van der Waals surface area contributed by atoms with Crippen molar-refractivity contribution in [3.05, 3.63) is 88.2 Å². The zero-order valence-corrected chi connectivity index (χ0v) is 20.8. The van der Waals surface area contributed by atoms with Gasteiger partial charge >= 0.3 is 0 Å². The lowest BCUT2D eigenvalue weighted by molar-refractivity contribution is -0.116. The van der Waals surface area contributed by atoms with Gasteiger partial charge in [0.25, 0.3) is 0 Å². The summed E-state index contributed by atoms with van der Waals surface area (Å²) in [5.41, 5.74) is 2.33. The number of hydrogen-bond donors (Lipinski definition) is 2. The Balaban J connectivity index is 1.58. The third kappa shape index (κ3) is 7.21. The van der Waals surface area contributed by atoms with Gasteiger partial charge in [0.15, 0.2) is 11.0 Å². The summed E-state index contributed by atoms with van der Waals surface area (Å²) in [7, 11) is 0. The van der Waals surface area contributed by atoms with E-state index < -0.39 is 0 Å². The summed E-state index contributed by atoms with van der Waals surface area (Å²) < 4.78 is 1.80. The molecule has 0 fully saturated rings. The van der Waals surface area contributed by atoms with Gasteiger partial charge in [-0.3, -0.25) is 9.59 Å². The molecule has 0 saturated heterocycles. The van der Waals surface area contributed by atoms with Gasteiger partial charge in [-0.25, -0.2) is 0 Å². The molecule has 0 aliphatic rings. The summed E-state index contributed by atoms with van der Waals surface area (Å²) in [4.78, 5) is 24.6. The van der Waals surface area contributed by atoms with Crippen molar-refractivity contribution >= 4 is 58.5 Å². The fourth-order valence-electron chi connectivity index (χ4n) is 2.95. The van der Waals surface area contributed by atoms with E-state index in [1.807, 2.05) is 25.1 Å². The van der Waals surface area contributed by atoms with Crippen LogP contribution in [0, 0.1) is 6.92 Å². The van der Waals surface area contributed by atoms with Crippen LogP contribution in [0.3, 0.4) is 0 Å². The molecule has 2 aromatic carbocycles. The Morgan fingerprint density at radius 2 is 1.97 bits per heavy atom. The minimum absolute atomic E-state index is 0.143. The van der Waals surface area contributed by atoms with Gasteiger partial charge in [-0.15, -0.1) is 16.8 Å². The van der Waals surface area contributed by atoms with Gasteiger partial charge in [0, 0.05) is 28.4 Å². The summed E-state index contributed by atoms with van der Waals surface area (Å²) in [5, 5.41) is 15.7. The fraction of sp³-hybridized carbons (Fsp3) is 0.167. The van der Waals surface area contributed by atoms with Gasteiger partial charge in [-0.1, -0.05) is 59.2 Å². The summed E-state index contributed by atoms with van der Waals surface area (Å²) in [6.45, 7) is 6.25. The Morgan fingerprint density at radius 1 is 1.18 bits per heavy atom. The largest absolute Gasteiger partial charge is 0.345 e. The van der Waals surface area contributed by atoms with E-state index in [1.54, 1.807) is 41.0 Å². The lowest BCUT2D eigenvalue weighted by Gasteiger charge is -2.10. The molecule has 3 aromatic rings. The number of nitrogens with zero attached hydrogens (tertiary/aromatic N) is 3. The topological polar surface area (TPSA) is 88.9 Å². The smallest absolute Gasteiger partial charge is 0.244 e. The summed E-state index contributed by atoms with van der Waals surface area (Å²) in [6.07, 6.45) is 4.76. The standard InChI is InChI=1S/C24H23Cl2N5O2S/c1-3-12-31-21(14-27-22(32)11-8-17-6-4-5-7-19(17)26)29-30-24(31)34-15-23(33)28-20-10-9-18(25)13-16(20)2/h3-11,13H,1,12,14-15H2,2H3,(H,27,32)(H,28,33). The second kappa shape index (κ2) is 12.4. The van der Waals surface area contributed by atoms with Crippen molar-refractivity contribution in [2.75, 3.05) is 11.1 Å². The molecule has 10 heteroatoms. The van der Waals surface area contributed by atoms with E-state index in [4.69, 9.17) is 23.2 Å². The lowest BCUT2D eigenvalue weighted by Crippen LogP contribution is -2.23. The molecule has 0 unspecified atom stereocenters. The number of anilines is 1. The van der Waals surface area contributed by atoms with Crippen LogP contribution in [0.2, 0.25) is 10.0 Å². The number of allylic oxidation sites excluding steroid dienone is 1. The SMILES string of the molecule is C=CCn1c(CNC(=O)C=Cc2ccccc2Cl)nnc1SCC(=O)Nc1ccc(Cl)cc1C. The molecule has 0 radical (unpaired) electrons. The number of hydrogen-bond acceptors (Lipinski definition) is 5. The number of aromatic nitrogens is 3. The van der Waals surface area contributed by atoms with Crippen LogP contribution < -0.4 is 10.6 Å². The maximum atomic E-state index is 12.4. The predicted molar refractivity (Wildman–Crippen MR) is 138 cm³/mol. The average molecular weight is 516 g/mol. The van der Waals surface area contributed by atoms with Gasteiger partial charge in [-0.2, -0.15) is 0 Å². The monoisotopic (exact) mass is 515 g/mol. The van der Waals surface area contributed by atoms with Crippen LogP contribution in [0.15, 0.2) is 66.4 Å². The van der Waals surface area contributed by atoms with Gasteiger partial charge < -0.3 is 15.2 Å². The first kappa shape index (κ1) is 25.6. The molecule has 0 bridgehead atoms. The van der Waals surface area contributed by atoms with E-state index in [9.17, 15) is 9.59 Å². The van der Waals surface area contributed by atoms with Crippen molar-refractivity contribution < 1.29 is 9.59 Å². The third-order valence-corrected chi connectivity index (χ3v) is 6.19. The van der Waals surface area contributed by atoms with Crippen molar-refractivity contribution in [2.24, 2.45) is 0 Å². The molecular weight excluding hydrogens is 493 g/mol. The van der Waals surface area contributed by atoms with Crippen molar-refractivity contribution in [1.82, 2.24) is 20.1 Å². The summed E-state index contributed by atoms with van der Waals surface area (Å²) in [5.74, 6) is 0.226. The third-order valence-electron chi connectivity index (χ3n) is 4.64. The molecule has 0 aliphatic heterocycles. The number of thioether (sulfide) groups is 1. The highest BCUT2D eigenvalue weighted by atomic mass is 35.5. The zero-order valence-electron chi connectivity index (χ0n) is 18.4. The molecule has 7 nitrogen and oxygen atoms in total. The number of halogens is 2. The molecule has 0 atom stereocenters. The maximum absolute atomic E-state index is 12.4. The normalized spacial score (nSPS) is 10.9. The van der Waals surface area contributed by atoms with Crippen molar-refractivity contribution in [2.45, 2.75) is 25.2 Å². The highest BCUT2D eigenvalue weighted by Gasteiger charge is 2.14. The average Bonchev–Trinajstić information content (AvgIpc) is 3.19. The molecule has 1 heterocycles. The van der Waals surface area contributed by atoms with E-state index >= 15 is 0 Å². The number of benzene rings is 2. The van der Waals surface area contributed by atoms with E-state index in [1.165, 1.54) is 17.8 Å². The van der Waals surface area contributed by atoms with Gasteiger partial charge in [0.05, 0.1) is 12.3 Å². The van der Waals surface area contributed by atoms with Crippen LogP contribution in [0.5, 0.6) is 0 Å². The van der Waals surface area contributed by atoms with Gasteiger partial charge in [0.2, 0.25) is 11.8 Å². The van der Waals surface area contributed by atoms with Crippen LogP contribution in [-0.2, 0) is 22.7 Å². The summed E-state index contributed by atoms with van der Waals surface area (Å²) >= 11 is 13.3. The molecule has 34 heavy (non-hydrogen) atoms. The Morgan fingerprint density at radius 3 is 2.71 bits per heavy atom. The van der Waals surface area contributed by atoms with Crippen molar-refractivity contribution in [1.29, 1.82) is 0 Å². The van der Waals surface area contributed by atoms with Crippen LogP contribution in [0.1, 0.15) is 17.0 Å². The second-order valence-electron chi connectivity index (χ2n) is 7.17. The van der Waals surface area contributed by atoms with Gasteiger partial charge in [0.1, 0.15) is 0 Å². The van der Waals surface area contributed by atoms with Crippen LogP contribution in [-0.4, -0.2) is 32.3 Å². The Hall–Kier alpha value is -3.07. The number of carbonyl (C=O) groups is 2. The van der Waals surface area contributed by atoms with Crippen molar-refractivity contribution in [3.8, 4) is 0 Å². The summed E-state index contributed by atoms with van der Waals surface area (Å²) in [6, 6.07) is 12.5. The fourth-order valence-corrected chi connectivity index (χ4v) is 4.15. The van der Waals surface area contributed by atoms with Crippen LogP contribution in [0.4, 0.5) is 5.69 Å². The molecule has 0 aliphatic carbocycles. The van der Waals surface area contributed by atoms with E-state index in [2.05, 4.69) is 27.4 Å². The minimum Gasteiger partial charge on any atom is -0.345 e. The first-order valence-electron chi connectivity index (χ1n) is 10.3. The Bertz CT molecular complexity index is 1230. The maximum Gasteiger partial charge on any atom is 0.244 e. The van der Waals surface area contributed by atoms with Crippen molar-refractivity contribution in [3.63, 3.8) is 0 Å². The number of rotatable bonds is 10.